The molecule has 138 valence electrons. The molecule has 0 saturated carbocycles. The molecule has 0 aliphatic carbocycles. The lowest BCUT2D eigenvalue weighted by molar-refractivity contribution is -0.133. The number of aryl methyl sites for hydroxylation is 1. The minimum Gasteiger partial charge on any atom is -0.487 e. The standard InChI is InChI=1S/C19H25N5O2/c25-18-19(7-9-20-10-8-19)6-3-11-24-13-16(22-23-24)14-26-17-5-2-1-4-15(17)12-21-18/h1-2,4-5,13,20H,3,6-12,14H2,(H,21,25). The lowest BCUT2D eigenvalue weighted by atomic mass is 9.74. The van der Waals surface area contributed by atoms with Crippen LogP contribution in [-0.2, 0) is 24.5 Å². The van der Waals surface area contributed by atoms with Gasteiger partial charge in [-0.15, -0.1) is 5.10 Å². The predicted molar refractivity (Wildman–Crippen MR) is 96.4 cm³/mol. The van der Waals surface area contributed by atoms with Gasteiger partial charge < -0.3 is 15.4 Å². The van der Waals surface area contributed by atoms with Crippen molar-refractivity contribution >= 4 is 5.91 Å². The third kappa shape index (κ3) is 3.58. The van der Waals surface area contributed by atoms with Gasteiger partial charge in [-0.1, -0.05) is 23.4 Å². The van der Waals surface area contributed by atoms with Gasteiger partial charge in [-0.25, -0.2) is 0 Å². The van der Waals surface area contributed by atoms with Crippen molar-refractivity contribution in [3.8, 4) is 5.75 Å². The monoisotopic (exact) mass is 355 g/mol. The number of piperidine rings is 1. The molecule has 0 atom stereocenters. The van der Waals surface area contributed by atoms with Crippen LogP contribution in [0.2, 0.25) is 0 Å². The Bertz CT molecular complexity index is 767. The highest BCUT2D eigenvalue weighted by molar-refractivity contribution is 5.82. The maximum Gasteiger partial charge on any atom is 0.226 e. The topological polar surface area (TPSA) is 81.1 Å². The summed E-state index contributed by atoms with van der Waals surface area (Å²) in [6.45, 7) is 3.41. The molecule has 1 fully saturated rings. The van der Waals surface area contributed by atoms with Crippen molar-refractivity contribution in [2.24, 2.45) is 5.41 Å². The molecule has 1 aromatic carbocycles. The first-order chi connectivity index (χ1) is 12.8. The maximum atomic E-state index is 13.1. The second-order valence-electron chi connectivity index (χ2n) is 7.19. The highest BCUT2D eigenvalue weighted by Gasteiger charge is 2.38. The molecule has 4 rings (SSSR count). The third-order valence-electron chi connectivity index (χ3n) is 5.46. The van der Waals surface area contributed by atoms with Gasteiger partial charge in [-0.05, 0) is 44.8 Å². The maximum absolute atomic E-state index is 13.1. The average molecular weight is 355 g/mol. The molecule has 0 unspecified atom stereocenters. The van der Waals surface area contributed by atoms with Gasteiger partial charge >= 0.3 is 0 Å². The summed E-state index contributed by atoms with van der Waals surface area (Å²) in [5.41, 5.74) is 1.50. The fourth-order valence-electron chi connectivity index (χ4n) is 3.89. The lowest BCUT2D eigenvalue weighted by Gasteiger charge is -2.36. The summed E-state index contributed by atoms with van der Waals surface area (Å²) in [4.78, 5) is 13.1. The van der Waals surface area contributed by atoms with Gasteiger partial charge in [0.2, 0.25) is 5.91 Å². The van der Waals surface area contributed by atoms with Crippen molar-refractivity contribution < 1.29 is 9.53 Å². The molecule has 7 nitrogen and oxygen atoms in total. The molecule has 7 heteroatoms. The number of benzene rings is 1. The highest BCUT2D eigenvalue weighted by Crippen LogP contribution is 2.35. The van der Waals surface area contributed by atoms with E-state index in [-0.39, 0.29) is 11.3 Å². The number of carbonyl (C=O) groups excluding carboxylic acids is 1. The molecular formula is C19H25N5O2. The lowest BCUT2D eigenvalue weighted by Crippen LogP contribution is -2.47. The van der Waals surface area contributed by atoms with Crippen LogP contribution >= 0.6 is 0 Å². The summed E-state index contributed by atoms with van der Waals surface area (Å²) in [5, 5.41) is 14.9. The number of nitrogens with zero attached hydrogens (tertiary/aromatic N) is 3. The minimum atomic E-state index is -0.297. The van der Waals surface area contributed by atoms with Crippen LogP contribution in [-0.4, -0.2) is 34.0 Å². The number of carbonyl (C=O) groups is 1. The number of fused-ring (bicyclic) bond motifs is 3. The van der Waals surface area contributed by atoms with Crippen LogP contribution in [0.5, 0.6) is 5.75 Å². The number of amides is 1. The van der Waals surface area contributed by atoms with Gasteiger partial charge in [0, 0.05) is 18.7 Å². The van der Waals surface area contributed by atoms with Gasteiger partial charge in [0.15, 0.2) is 0 Å². The van der Waals surface area contributed by atoms with Crippen LogP contribution in [0.15, 0.2) is 30.5 Å². The molecule has 1 spiro atoms. The van der Waals surface area contributed by atoms with E-state index in [2.05, 4.69) is 20.9 Å². The minimum absolute atomic E-state index is 0.158. The Kier molecular flexibility index (Phi) is 4.88. The van der Waals surface area contributed by atoms with Crippen LogP contribution in [0.3, 0.4) is 0 Å². The van der Waals surface area contributed by atoms with Gasteiger partial charge in [0.1, 0.15) is 18.1 Å². The van der Waals surface area contributed by atoms with E-state index in [9.17, 15) is 4.79 Å². The van der Waals surface area contributed by atoms with E-state index in [4.69, 9.17) is 4.74 Å². The van der Waals surface area contributed by atoms with Crippen LogP contribution in [0.4, 0.5) is 0 Å². The first-order valence-electron chi connectivity index (χ1n) is 9.34. The van der Waals surface area contributed by atoms with E-state index in [1.165, 1.54) is 0 Å². The Morgan fingerprint density at radius 1 is 1.15 bits per heavy atom. The Balaban J connectivity index is 1.61. The van der Waals surface area contributed by atoms with Gasteiger partial charge in [0.05, 0.1) is 11.6 Å². The summed E-state index contributed by atoms with van der Waals surface area (Å²) in [6.07, 6.45) is 5.46. The largest absolute Gasteiger partial charge is 0.487 e. The molecule has 3 heterocycles. The summed E-state index contributed by atoms with van der Waals surface area (Å²) < 4.78 is 7.78. The predicted octanol–water partition coefficient (Wildman–Crippen LogP) is 1.64. The summed E-state index contributed by atoms with van der Waals surface area (Å²) in [7, 11) is 0. The molecule has 1 amide bonds. The fraction of sp³-hybridized carbons (Fsp3) is 0.526. The molecule has 1 aromatic heterocycles. The van der Waals surface area contributed by atoms with Crippen molar-refractivity contribution in [3.63, 3.8) is 0 Å². The van der Waals surface area contributed by atoms with Crippen LogP contribution in [0.25, 0.3) is 0 Å². The van der Waals surface area contributed by atoms with Crippen LogP contribution in [0.1, 0.15) is 36.9 Å². The average Bonchev–Trinajstić information content (AvgIpc) is 3.13. The molecule has 2 aromatic rings. The number of ether oxygens (including phenoxy) is 1. The molecule has 2 bridgehead atoms. The van der Waals surface area contributed by atoms with Crippen molar-refractivity contribution in [1.82, 2.24) is 25.6 Å². The Morgan fingerprint density at radius 3 is 2.88 bits per heavy atom. The van der Waals surface area contributed by atoms with E-state index >= 15 is 0 Å². The third-order valence-corrected chi connectivity index (χ3v) is 5.46. The van der Waals surface area contributed by atoms with Gasteiger partial charge in [-0.3, -0.25) is 9.48 Å². The highest BCUT2D eigenvalue weighted by atomic mass is 16.5. The molecule has 2 N–H and O–H groups in total. The van der Waals surface area contributed by atoms with Gasteiger partial charge in [0.25, 0.3) is 0 Å². The number of hydrogen-bond donors (Lipinski definition) is 2. The van der Waals surface area contributed by atoms with E-state index in [1.807, 2.05) is 35.1 Å². The first kappa shape index (κ1) is 17.0. The zero-order chi connectivity index (χ0) is 17.8. The van der Waals surface area contributed by atoms with Crippen molar-refractivity contribution in [2.75, 3.05) is 13.1 Å². The Morgan fingerprint density at radius 2 is 2.00 bits per heavy atom. The van der Waals surface area contributed by atoms with E-state index in [0.717, 1.165) is 62.3 Å². The molecule has 2 aliphatic rings. The normalized spacial score (nSPS) is 20.5. The number of para-hydroxylation sites is 1. The van der Waals surface area contributed by atoms with Crippen molar-refractivity contribution in [2.45, 2.75) is 45.4 Å². The van der Waals surface area contributed by atoms with E-state index in [0.29, 0.717) is 13.2 Å². The Labute approximate surface area is 153 Å². The number of hydrogen-bond acceptors (Lipinski definition) is 5. The number of rotatable bonds is 0. The Hall–Kier alpha value is -2.41. The molecule has 2 aliphatic heterocycles. The zero-order valence-electron chi connectivity index (χ0n) is 14.9. The molecule has 1 saturated heterocycles. The van der Waals surface area contributed by atoms with Gasteiger partial charge in [-0.2, -0.15) is 0 Å². The molecular weight excluding hydrogens is 330 g/mol. The second kappa shape index (κ2) is 7.45. The smallest absolute Gasteiger partial charge is 0.226 e. The van der Waals surface area contributed by atoms with Crippen molar-refractivity contribution in [3.05, 3.63) is 41.7 Å². The quantitative estimate of drug-likeness (QED) is 0.751. The first-order valence-corrected chi connectivity index (χ1v) is 9.34. The summed E-state index contributed by atoms with van der Waals surface area (Å²) in [5.74, 6) is 0.934. The fourth-order valence-corrected chi connectivity index (χ4v) is 3.89. The van der Waals surface area contributed by atoms with Crippen molar-refractivity contribution in [1.29, 1.82) is 0 Å². The van der Waals surface area contributed by atoms with Crippen LogP contribution < -0.4 is 15.4 Å². The molecule has 26 heavy (non-hydrogen) atoms. The van der Waals surface area contributed by atoms with E-state index < -0.39 is 0 Å². The van der Waals surface area contributed by atoms with E-state index in [1.54, 1.807) is 0 Å². The second-order valence-corrected chi connectivity index (χ2v) is 7.19. The SMILES string of the molecule is O=C1NCc2ccccc2OCc2cn(nn2)CCCC12CCNCC2. The number of aromatic nitrogens is 3. The summed E-state index contributed by atoms with van der Waals surface area (Å²) in [6, 6.07) is 7.83. The zero-order valence-corrected chi connectivity index (χ0v) is 14.9. The number of nitrogens with one attached hydrogen (secondary N) is 2. The molecule has 0 radical (unpaired) electrons. The summed E-state index contributed by atoms with van der Waals surface area (Å²) >= 11 is 0. The van der Waals surface area contributed by atoms with Crippen LogP contribution in [0, 0.1) is 5.41 Å².